The Balaban J connectivity index is 3.49. The van der Waals surface area contributed by atoms with Crippen LogP contribution in [0.15, 0.2) is 24.3 Å². The Bertz CT molecular complexity index is 180. The number of unbranched alkanes of at least 4 members (excludes halogenated alkanes) is 2. The van der Waals surface area contributed by atoms with Crippen LogP contribution < -0.4 is 0 Å². The van der Waals surface area contributed by atoms with Crippen LogP contribution in [-0.4, -0.2) is 11.1 Å². The van der Waals surface area contributed by atoms with Crippen molar-refractivity contribution in [1.82, 2.24) is 0 Å². The summed E-state index contributed by atoms with van der Waals surface area (Å²) in [6, 6.07) is 0. The summed E-state index contributed by atoms with van der Waals surface area (Å²) in [5.74, 6) is -0.851. The number of aliphatic carboxylic acids is 1. The van der Waals surface area contributed by atoms with Gasteiger partial charge in [-0.05, 0) is 32.6 Å². The van der Waals surface area contributed by atoms with Gasteiger partial charge in [0.25, 0.3) is 0 Å². The van der Waals surface area contributed by atoms with E-state index in [0.29, 0.717) is 0 Å². The van der Waals surface area contributed by atoms with E-state index < -0.39 is 5.97 Å². The van der Waals surface area contributed by atoms with Crippen molar-refractivity contribution in [3.05, 3.63) is 24.3 Å². The SMILES string of the molecule is C=CCCCCC(C)=CC(=O)O. The molecule has 0 bridgehead atoms. The molecule has 0 saturated heterocycles. The zero-order chi connectivity index (χ0) is 9.40. The minimum absolute atomic E-state index is 0.851. The van der Waals surface area contributed by atoms with E-state index in [1.54, 1.807) is 0 Å². The topological polar surface area (TPSA) is 37.3 Å². The van der Waals surface area contributed by atoms with Crippen molar-refractivity contribution in [2.75, 3.05) is 0 Å². The molecular weight excluding hydrogens is 152 g/mol. The van der Waals surface area contributed by atoms with Gasteiger partial charge in [0.2, 0.25) is 0 Å². The number of hydrogen-bond acceptors (Lipinski definition) is 1. The van der Waals surface area contributed by atoms with Crippen molar-refractivity contribution in [2.45, 2.75) is 32.6 Å². The zero-order valence-electron chi connectivity index (χ0n) is 7.55. The van der Waals surface area contributed by atoms with Crippen molar-refractivity contribution in [3.63, 3.8) is 0 Å². The summed E-state index contributed by atoms with van der Waals surface area (Å²) in [6.07, 6.45) is 7.18. The lowest BCUT2D eigenvalue weighted by atomic mass is 10.1. The Morgan fingerprint density at radius 2 is 2.17 bits per heavy atom. The monoisotopic (exact) mass is 168 g/mol. The van der Waals surface area contributed by atoms with Gasteiger partial charge in [-0.2, -0.15) is 0 Å². The van der Waals surface area contributed by atoms with Crippen LogP contribution in [0.5, 0.6) is 0 Å². The van der Waals surface area contributed by atoms with E-state index in [2.05, 4.69) is 6.58 Å². The van der Waals surface area contributed by atoms with E-state index in [-0.39, 0.29) is 0 Å². The van der Waals surface area contributed by atoms with Crippen molar-refractivity contribution < 1.29 is 9.90 Å². The van der Waals surface area contributed by atoms with Crippen molar-refractivity contribution in [3.8, 4) is 0 Å². The molecule has 68 valence electrons. The first-order chi connectivity index (χ1) is 5.66. The highest BCUT2D eigenvalue weighted by Crippen LogP contribution is 2.07. The van der Waals surface area contributed by atoms with E-state index in [1.165, 1.54) is 6.08 Å². The molecule has 0 aromatic heterocycles. The van der Waals surface area contributed by atoms with Crippen LogP contribution in [0.2, 0.25) is 0 Å². The van der Waals surface area contributed by atoms with E-state index in [0.717, 1.165) is 31.3 Å². The highest BCUT2D eigenvalue weighted by molar-refractivity contribution is 5.80. The molecule has 0 spiro atoms. The molecular formula is C10H16O2. The quantitative estimate of drug-likeness (QED) is 0.376. The maximum atomic E-state index is 10.2. The normalized spacial score (nSPS) is 11.2. The largest absolute Gasteiger partial charge is 0.478 e. The van der Waals surface area contributed by atoms with Crippen LogP contribution in [0.1, 0.15) is 32.6 Å². The molecule has 12 heavy (non-hydrogen) atoms. The van der Waals surface area contributed by atoms with Crippen molar-refractivity contribution in [1.29, 1.82) is 0 Å². The standard InChI is InChI=1S/C10H16O2/c1-3-4-5-6-7-9(2)8-10(11)12/h3,8H,1,4-7H2,2H3,(H,11,12). The van der Waals surface area contributed by atoms with E-state index >= 15 is 0 Å². The lowest BCUT2D eigenvalue weighted by Gasteiger charge is -1.97. The van der Waals surface area contributed by atoms with Crippen LogP contribution in [0.3, 0.4) is 0 Å². The Labute approximate surface area is 73.6 Å². The second kappa shape index (κ2) is 6.65. The third-order valence-electron chi connectivity index (χ3n) is 1.60. The molecule has 0 fully saturated rings. The lowest BCUT2D eigenvalue weighted by molar-refractivity contribution is -0.131. The second-order valence-corrected chi connectivity index (χ2v) is 2.86. The smallest absolute Gasteiger partial charge is 0.328 e. The van der Waals surface area contributed by atoms with Crippen molar-refractivity contribution in [2.24, 2.45) is 0 Å². The van der Waals surface area contributed by atoms with Gasteiger partial charge in [-0.25, -0.2) is 4.79 Å². The summed E-state index contributed by atoms with van der Waals surface area (Å²) in [4.78, 5) is 10.2. The number of rotatable bonds is 6. The fraction of sp³-hybridized carbons (Fsp3) is 0.500. The van der Waals surface area contributed by atoms with Gasteiger partial charge < -0.3 is 5.11 Å². The van der Waals surface area contributed by atoms with E-state index in [4.69, 9.17) is 5.11 Å². The second-order valence-electron chi connectivity index (χ2n) is 2.86. The first-order valence-corrected chi connectivity index (χ1v) is 4.18. The highest BCUT2D eigenvalue weighted by Gasteiger charge is 1.93. The van der Waals surface area contributed by atoms with Crippen LogP contribution in [0, 0.1) is 0 Å². The Morgan fingerprint density at radius 1 is 1.50 bits per heavy atom. The molecule has 0 saturated carbocycles. The fourth-order valence-corrected chi connectivity index (χ4v) is 0.975. The van der Waals surface area contributed by atoms with Gasteiger partial charge in [0.05, 0.1) is 0 Å². The number of hydrogen-bond donors (Lipinski definition) is 1. The predicted molar refractivity (Wildman–Crippen MR) is 50.1 cm³/mol. The highest BCUT2D eigenvalue weighted by atomic mass is 16.4. The molecule has 0 unspecified atom stereocenters. The molecule has 0 aliphatic carbocycles. The van der Waals surface area contributed by atoms with Crippen LogP contribution in [-0.2, 0) is 4.79 Å². The molecule has 0 heterocycles. The summed E-state index contributed by atoms with van der Waals surface area (Å²) < 4.78 is 0. The van der Waals surface area contributed by atoms with E-state index in [9.17, 15) is 4.79 Å². The van der Waals surface area contributed by atoms with Crippen LogP contribution in [0.4, 0.5) is 0 Å². The molecule has 1 N–H and O–H groups in total. The van der Waals surface area contributed by atoms with Gasteiger partial charge in [0.15, 0.2) is 0 Å². The first kappa shape index (κ1) is 11.0. The molecule has 0 amide bonds. The summed E-state index contributed by atoms with van der Waals surface area (Å²) >= 11 is 0. The van der Waals surface area contributed by atoms with Crippen LogP contribution >= 0.6 is 0 Å². The number of carboxylic acid groups (broad SMARTS) is 1. The minimum Gasteiger partial charge on any atom is -0.478 e. The summed E-state index contributed by atoms with van der Waals surface area (Å²) in [5.41, 5.74) is 0.937. The summed E-state index contributed by atoms with van der Waals surface area (Å²) in [5, 5.41) is 8.39. The molecule has 2 nitrogen and oxygen atoms in total. The summed E-state index contributed by atoms with van der Waals surface area (Å²) in [7, 11) is 0. The predicted octanol–water partition coefficient (Wildman–Crippen LogP) is 2.76. The van der Waals surface area contributed by atoms with Gasteiger partial charge in [-0.15, -0.1) is 6.58 Å². The molecule has 0 aliphatic heterocycles. The molecule has 0 aliphatic rings. The van der Waals surface area contributed by atoms with Gasteiger partial charge in [-0.1, -0.05) is 11.6 Å². The fourth-order valence-electron chi connectivity index (χ4n) is 0.975. The molecule has 0 radical (unpaired) electrons. The summed E-state index contributed by atoms with van der Waals surface area (Å²) in [6.45, 7) is 5.47. The van der Waals surface area contributed by atoms with Crippen LogP contribution in [0.25, 0.3) is 0 Å². The Hall–Kier alpha value is -1.05. The van der Waals surface area contributed by atoms with Crippen molar-refractivity contribution >= 4 is 5.97 Å². The zero-order valence-corrected chi connectivity index (χ0v) is 7.55. The van der Waals surface area contributed by atoms with Gasteiger partial charge in [-0.3, -0.25) is 0 Å². The number of carboxylic acids is 1. The number of allylic oxidation sites excluding steroid dienone is 2. The van der Waals surface area contributed by atoms with E-state index in [1.807, 2.05) is 13.0 Å². The van der Waals surface area contributed by atoms with Gasteiger partial charge >= 0.3 is 5.97 Å². The third kappa shape index (κ3) is 7.06. The average Bonchev–Trinajstić information content (AvgIpc) is 1.97. The Morgan fingerprint density at radius 3 is 2.67 bits per heavy atom. The molecule has 2 heteroatoms. The average molecular weight is 168 g/mol. The third-order valence-corrected chi connectivity index (χ3v) is 1.60. The Kier molecular flexibility index (Phi) is 6.07. The molecule has 0 atom stereocenters. The first-order valence-electron chi connectivity index (χ1n) is 4.18. The van der Waals surface area contributed by atoms with Gasteiger partial charge in [0.1, 0.15) is 0 Å². The minimum atomic E-state index is -0.851. The lowest BCUT2D eigenvalue weighted by Crippen LogP contribution is -1.90. The maximum Gasteiger partial charge on any atom is 0.328 e. The van der Waals surface area contributed by atoms with Gasteiger partial charge in [0, 0.05) is 6.08 Å². The number of carbonyl (C=O) groups is 1. The molecule has 0 aromatic rings. The maximum absolute atomic E-state index is 10.2. The molecule has 0 aromatic carbocycles. The molecule has 0 rings (SSSR count).